The highest BCUT2D eigenvalue weighted by molar-refractivity contribution is 9.10. The fraction of sp³-hybridized carbons (Fsp3) is 0.538. The Labute approximate surface area is 116 Å². The first-order valence-corrected chi connectivity index (χ1v) is 6.93. The van der Waals surface area contributed by atoms with E-state index in [-0.39, 0.29) is 5.82 Å². The fourth-order valence-corrected chi connectivity index (χ4v) is 2.28. The summed E-state index contributed by atoms with van der Waals surface area (Å²) in [7, 11) is 2.13. The molecule has 0 bridgehead atoms. The molecule has 0 spiro atoms. The van der Waals surface area contributed by atoms with Crippen molar-refractivity contribution in [1.82, 2.24) is 9.80 Å². The molecular weight excluding hydrogens is 299 g/mol. The summed E-state index contributed by atoms with van der Waals surface area (Å²) in [6.07, 6.45) is 0. The van der Waals surface area contributed by atoms with Gasteiger partial charge in [-0.05, 0) is 25.2 Å². The molecule has 1 heterocycles. The van der Waals surface area contributed by atoms with Crippen LogP contribution in [0.5, 0.6) is 5.75 Å². The van der Waals surface area contributed by atoms with Gasteiger partial charge in [-0.1, -0.05) is 15.9 Å². The van der Waals surface area contributed by atoms with E-state index >= 15 is 0 Å². The van der Waals surface area contributed by atoms with E-state index in [0.717, 1.165) is 37.2 Å². The van der Waals surface area contributed by atoms with Crippen molar-refractivity contribution < 1.29 is 9.13 Å². The third-order valence-electron chi connectivity index (χ3n) is 3.15. The second kappa shape index (κ2) is 6.50. The highest BCUT2D eigenvalue weighted by atomic mass is 79.9. The second-order valence-electron chi connectivity index (χ2n) is 4.57. The predicted molar refractivity (Wildman–Crippen MR) is 73.5 cm³/mol. The van der Waals surface area contributed by atoms with E-state index in [1.165, 1.54) is 6.07 Å². The van der Waals surface area contributed by atoms with Crippen molar-refractivity contribution in [2.75, 3.05) is 46.4 Å². The van der Waals surface area contributed by atoms with Crippen molar-refractivity contribution in [3.8, 4) is 5.75 Å². The first kappa shape index (κ1) is 13.8. The number of hydrogen-bond donors (Lipinski definition) is 0. The fourth-order valence-electron chi connectivity index (χ4n) is 1.94. The van der Waals surface area contributed by atoms with Crippen LogP contribution >= 0.6 is 15.9 Å². The van der Waals surface area contributed by atoms with Crippen LogP contribution in [-0.4, -0.2) is 56.2 Å². The van der Waals surface area contributed by atoms with E-state index in [0.29, 0.717) is 12.4 Å². The number of halogens is 2. The van der Waals surface area contributed by atoms with Crippen LogP contribution in [0, 0.1) is 5.82 Å². The standard InChI is InChI=1S/C13H18BrFN2O/c1-16-4-6-17(7-5-16)8-9-18-13-10-11(14)2-3-12(13)15/h2-3,10H,4-9H2,1H3. The van der Waals surface area contributed by atoms with Crippen LogP contribution < -0.4 is 4.74 Å². The second-order valence-corrected chi connectivity index (χ2v) is 5.48. The summed E-state index contributed by atoms with van der Waals surface area (Å²) in [5, 5.41) is 0. The van der Waals surface area contributed by atoms with Gasteiger partial charge >= 0.3 is 0 Å². The van der Waals surface area contributed by atoms with Gasteiger partial charge in [0.2, 0.25) is 0 Å². The highest BCUT2D eigenvalue weighted by Crippen LogP contribution is 2.22. The molecule has 0 unspecified atom stereocenters. The molecule has 1 saturated heterocycles. The maximum absolute atomic E-state index is 13.4. The number of nitrogens with zero attached hydrogens (tertiary/aromatic N) is 2. The summed E-state index contributed by atoms with van der Waals surface area (Å²) in [4.78, 5) is 4.65. The van der Waals surface area contributed by atoms with Crippen molar-refractivity contribution in [2.24, 2.45) is 0 Å². The topological polar surface area (TPSA) is 15.7 Å². The van der Waals surface area contributed by atoms with E-state index in [1.807, 2.05) is 0 Å². The molecule has 0 aromatic heterocycles. The molecule has 1 aliphatic heterocycles. The van der Waals surface area contributed by atoms with Crippen molar-refractivity contribution in [2.45, 2.75) is 0 Å². The van der Waals surface area contributed by atoms with Gasteiger partial charge in [-0.3, -0.25) is 4.90 Å². The van der Waals surface area contributed by atoms with Crippen LogP contribution in [0.2, 0.25) is 0 Å². The van der Waals surface area contributed by atoms with E-state index in [1.54, 1.807) is 12.1 Å². The highest BCUT2D eigenvalue weighted by Gasteiger charge is 2.13. The average Bonchev–Trinajstić information content (AvgIpc) is 2.36. The number of piperazine rings is 1. The molecule has 18 heavy (non-hydrogen) atoms. The molecule has 3 nitrogen and oxygen atoms in total. The number of likely N-dealkylation sites (N-methyl/N-ethyl adjacent to an activating group) is 1. The zero-order valence-electron chi connectivity index (χ0n) is 10.5. The molecule has 5 heteroatoms. The lowest BCUT2D eigenvalue weighted by molar-refractivity contribution is 0.132. The summed E-state index contributed by atoms with van der Waals surface area (Å²) < 4.78 is 19.7. The molecule has 100 valence electrons. The Balaban J connectivity index is 1.76. The van der Waals surface area contributed by atoms with Crippen LogP contribution in [0.25, 0.3) is 0 Å². The van der Waals surface area contributed by atoms with Crippen LogP contribution in [0.15, 0.2) is 22.7 Å². The maximum Gasteiger partial charge on any atom is 0.165 e. The van der Waals surface area contributed by atoms with Crippen LogP contribution in [0.3, 0.4) is 0 Å². The minimum absolute atomic E-state index is 0.309. The average molecular weight is 317 g/mol. The number of hydrogen-bond acceptors (Lipinski definition) is 3. The number of ether oxygens (including phenoxy) is 1. The number of benzene rings is 1. The van der Waals surface area contributed by atoms with Gasteiger partial charge < -0.3 is 9.64 Å². The first-order valence-electron chi connectivity index (χ1n) is 6.14. The molecule has 1 aliphatic rings. The van der Waals surface area contributed by atoms with Gasteiger partial charge in [0, 0.05) is 37.2 Å². The summed E-state index contributed by atoms with van der Waals surface area (Å²) in [5.41, 5.74) is 0. The third kappa shape index (κ3) is 3.93. The summed E-state index contributed by atoms with van der Waals surface area (Å²) in [5.74, 6) is 0.00933. The molecule has 0 radical (unpaired) electrons. The smallest absolute Gasteiger partial charge is 0.165 e. The predicted octanol–water partition coefficient (Wildman–Crippen LogP) is 2.21. The van der Waals surface area contributed by atoms with Crippen LogP contribution in [-0.2, 0) is 0 Å². The Morgan fingerprint density at radius 1 is 1.28 bits per heavy atom. The van der Waals surface area contributed by atoms with Gasteiger partial charge in [0.05, 0.1) is 0 Å². The summed E-state index contributed by atoms with van der Waals surface area (Å²) >= 11 is 3.31. The normalized spacial score (nSPS) is 17.9. The van der Waals surface area contributed by atoms with Gasteiger partial charge in [0.1, 0.15) is 6.61 Å². The Kier molecular flexibility index (Phi) is 4.97. The molecule has 1 aromatic carbocycles. The Morgan fingerprint density at radius 3 is 2.72 bits per heavy atom. The zero-order valence-corrected chi connectivity index (χ0v) is 12.1. The molecular formula is C13H18BrFN2O. The van der Waals surface area contributed by atoms with Crippen molar-refractivity contribution >= 4 is 15.9 Å². The SMILES string of the molecule is CN1CCN(CCOc2cc(Br)ccc2F)CC1. The molecule has 2 rings (SSSR count). The Bertz CT molecular complexity index is 395. The van der Waals surface area contributed by atoms with Crippen molar-refractivity contribution in [3.63, 3.8) is 0 Å². The van der Waals surface area contributed by atoms with Crippen LogP contribution in [0.4, 0.5) is 4.39 Å². The van der Waals surface area contributed by atoms with Gasteiger partial charge in [-0.25, -0.2) is 4.39 Å². The first-order chi connectivity index (χ1) is 8.65. The lowest BCUT2D eigenvalue weighted by atomic mass is 10.3. The quantitative estimate of drug-likeness (QED) is 0.847. The molecule has 0 aliphatic carbocycles. The lowest BCUT2D eigenvalue weighted by Gasteiger charge is -2.32. The maximum atomic E-state index is 13.4. The monoisotopic (exact) mass is 316 g/mol. The minimum Gasteiger partial charge on any atom is -0.489 e. The zero-order chi connectivity index (χ0) is 13.0. The van der Waals surface area contributed by atoms with Gasteiger partial charge in [0.15, 0.2) is 11.6 Å². The van der Waals surface area contributed by atoms with Crippen molar-refractivity contribution in [3.05, 3.63) is 28.5 Å². The van der Waals surface area contributed by atoms with Gasteiger partial charge in [-0.15, -0.1) is 0 Å². The Hall–Kier alpha value is -0.650. The summed E-state index contributed by atoms with van der Waals surface area (Å²) in [6.45, 7) is 5.66. The van der Waals surface area contributed by atoms with Gasteiger partial charge in [-0.2, -0.15) is 0 Å². The minimum atomic E-state index is -0.309. The van der Waals surface area contributed by atoms with Crippen molar-refractivity contribution in [1.29, 1.82) is 0 Å². The molecule has 1 fully saturated rings. The molecule has 0 atom stereocenters. The van der Waals surface area contributed by atoms with E-state index in [9.17, 15) is 4.39 Å². The van der Waals surface area contributed by atoms with E-state index < -0.39 is 0 Å². The van der Waals surface area contributed by atoms with E-state index in [4.69, 9.17) is 4.74 Å². The Morgan fingerprint density at radius 2 is 2.00 bits per heavy atom. The molecule has 0 saturated carbocycles. The number of rotatable bonds is 4. The summed E-state index contributed by atoms with van der Waals surface area (Å²) in [6, 6.07) is 4.75. The molecule has 1 aromatic rings. The largest absolute Gasteiger partial charge is 0.489 e. The third-order valence-corrected chi connectivity index (χ3v) is 3.65. The van der Waals surface area contributed by atoms with Gasteiger partial charge in [0.25, 0.3) is 0 Å². The molecule has 0 N–H and O–H groups in total. The lowest BCUT2D eigenvalue weighted by Crippen LogP contribution is -2.45. The molecule has 0 amide bonds. The van der Waals surface area contributed by atoms with Crippen LogP contribution in [0.1, 0.15) is 0 Å². The van der Waals surface area contributed by atoms with E-state index in [2.05, 4.69) is 32.8 Å².